The third-order valence-electron chi connectivity index (χ3n) is 3.68. The Bertz CT molecular complexity index is 524. The summed E-state index contributed by atoms with van der Waals surface area (Å²) in [5.74, 6) is 1.52. The smallest absolute Gasteiger partial charge is 0.321 e. The number of hydrogen-bond acceptors (Lipinski definition) is 3. The van der Waals surface area contributed by atoms with Crippen molar-refractivity contribution in [2.45, 2.75) is 18.2 Å². The number of anilines is 1. The van der Waals surface area contributed by atoms with E-state index in [2.05, 4.69) is 31.2 Å². The third-order valence-corrected chi connectivity index (χ3v) is 4.87. The maximum atomic E-state index is 12.5. The molecule has 4 nitrogen and oxygen atoms in total. The minimum Gasteiger partial charge on any atom is -0.324 e. The molecule has 1 heterocycles. The lowest BCUT2D eigenvalue weighted by Gasteiger charge is -2.20. The first-order chi connectivity index (χ1) is 10.5. The van der Waals surface area contributed by atoms with Gasteiger partial charge in [-0.25, -0.2) is 4.79 Å². The van der Waals surface area contributed by atoms with Crippen molar-refractivity contribution in [2.24, 2.45) is 5.92 Å². The van der Waals surface area contributed by atoms with Crippen molar-refractivity contribution in [1.29, 1.82) is 0 Å². The zero-order valence-electron chi connectivity index (χ0n) is 13.4. The molecule has 1 aromatic rings. The van der Waals surface area contributed by atoms with Gasteiger partial charge in [0.2, 0.25) is 0 Å². The molecular formula is C16H24ClN3OS. The van der Waals surface area contributed by atoms with E-state index in [1.165, 1.54) is 0 Å². The Labute approximate surface area is 142 Å². The number of rotatable bonds is 5. The van der Waals surface area contributed by atoms with Crippen LogP contribution in [0.25, 0.3) is 0 Å². The average molecular weight is 342 g/mol. The number of halogens is 1. The van der Waals surface area contributed by atoms with Crippen LogP contribution in [0, 0.1) is 5.92 Å². The van der Waals surface area contributed by atoms with Crippen LogP contribution < -0.4 is 5.32 Å². The molecule has 0 radical (unpaired) electrons. The molecule has 0 saturated carbocycles. The molecule has 1 N–H and O–H groups in total. The molecule has 0 spiro atoms. The molecule has 0 bridgehead atoms. The summed E-state index contributed by atoms with van der Waals surface area (Å²) in [6.45, 7) is 4.76. The van der Waals surface area contributed by atoms with Crippen LogP contribution in [0.2, 0.25) is 5.02 Å². The van der Waals surface area contributed by atoms with Crippen molar-refractivity contribution in [3.8, 4) is 0 Å². The van der Waals surface area contributed by atoms with E-state index in [0.717, 1.165) is 42.4 Å². The standard InChI is InChI=1S/C16H24ClN3OS/c1-4-22-15-6-5-13(17)9-14(15)18-16(21)20-8-7-12(11-20)10-19(2)3/h5-6,9,12H,4,7-8,10-11H2,1-3H3,(H,18,21)/t12-/m1/s1. The second-order valence-corrected chi connectivity index (χ2v) is 7.61. The molecule has 1 atom stereocenters. The van der Waals surface area contributed by atoms with Crippen molar-refractivity contribution >= 4 is 35.1 Å². The van der Waals surface area contributed by atoms with E-state index >= 15 is 0 Å². The number of likely N-dealkylation sites (tertiary alicyclic amines) is 1. The lowest BCUT2D eigenvalue weighted by molar-refractivity contribution is 0.219. The van der Waals surface area contributed by atoms with Gasteiger partial charge in [-0.05, 0) is 50.4 Å². The first-order valence-electron chi connectivity index (χ1n) is 7.62. The number of nitrogens with one attached hydrogen (secondary N) is 1. The molecule has 0 aliphatic carbocycles. The molecule has 22 heavy (non-hydrogen) atoms. The largest absolute Gasteiger partial charge is 0.324 e. The van der Waals surface area contributed by atoms with Crippen LogP contribution in [0.5, 0.6) is 0 Å². The van der Waals surface area contributed by atoms with E-state index in [1.54, 1.807) is 11.8 Å². The highest BCUT2D eigenvalue weighted by molar-refractivity contribution is 7.99. The number of amides is 2. The van der Waals surface area contributed by atoms with Gasteiger partial charge >= 0.3 is 6.03 Å². The summed E-state index contributed by atoms with van der Waals surface area (Å²) in [7, 11) is 4.14. The average Bonchev–Trinajstić information content (AvgIpc) is 2.89. The number of thioether (sulfide) groups is 1. The number of carbonyl (C=O) groups excluding carboxylic acids is 1. The van der Waals surface area contributed by atoms with Crippen LogP contribution in [0.3, 0.4) is 0 Å². The first kappa shape index (κ1) is 17.4. The Morgan fingerprint density at radius 1 is 1.50 bits per heavy atom. The van der Waals surface area contributed by atoms with E-state index in [9.17, 15) is 4.79 Å². The predicted molar refractivity (Wildman–Crippen MR) is 95.1 cm³/mol. The molecule has 0 aromatic heterocycles. The lowest BCUT2D eigenvalue weighted by atomic mass is 10.1. The summed E-state index contributed by atoms with van der Waals surface area (Å²) in [6, 6.07) is 5.62. The minimum atomic E-state index is -0.0264. The van der Waals surface area contributed by atoms with Crippen molar-refractivity contribution in [1.82, 2.24) is 9.80 Å². The molecule has 122 valence electrons. The second-order valence-electron chi connectivity index (χ2n) is 5.87. The van der Waals surface area contributed by atoms with Gasteiger partial charge in [0.05, 0.1) is 5.69 Å². The number of nitrogens with zero attached hydrogens (tertiary/aromatic N) is 2. The Morgan fingerprint density at radius 2 is 2.27 bits per heavy atom. The van der Waals surface area contributed by atoms with Crippen LogP contribution in [0.4, 0.5) is 10.5 Å². The SMILES string of the molecule is CCSc1ccc(Cl)cc1NC(=O)N1CC[C@H](CN(C)C)C1. The number of carbonyl (C=O) groups is 1. The Hall–Kier alpha value is -0.910. The summed E-state index contributed by atoms with van der Waals surface area (Å²) in [4.78, 5) is 17.6. The van der Waals surface area contributed by atoms with E-state index < -0.39 is 0 Å². The Kier molecular flexibility index (Phi) is 6.41. The van der Waals surface area contributed by atoms with Gasteiger partial charge in [-0.1, -0.05) is 18.5 Å². The molecule has 1 saturated heterocycles. The lowest BCUT2D eigenvalue weighted by Crippen LogP contribution is -2.34. The fraction of sp³-hybridized carbons (Fsp3) is 0.562. The van der Waals surface area contributed by atoms with Gasteiger partial charge in [-0.3, -0.25) is 0 Å². The summed E-state index contributed by atoms with van der Waals surface area (Å²) < 4.78 is 0. The van der Waals surface area contributed by atoms with Crippen LogP contribution in [0.1, 0.15) is 13.3 Å². The van der Waals surface area contributed by atoms with Gasteiger partial charge in [0.15, 0.2) is 0 Å². The number of benzene rings is 1. The molecule has 1 aliphatic heterocycles. The molecule has 0 unspecified atom stereocenters. The molecule has 6 heteroatoms. The van der Waals surface area contributed by atoms with Gasteiger partial charge < -0.3 is 15.1 Å². The molecule has 1 aromatic carbocycles. The summed E-state index contributed by atoms with van der Waals surface area (Å²) in [5.41, 5.74) is 0.806. The highest BCUT2D eigenvalue weighted by atomic mass is 35.5. The van der Waals surface area contributed by atoms with Crippen LogP contribution in [-0.2, 0) is 0 Å². The Morgan fingerprint density at radius 3 is 2.95 bits per heavy atom. The van der Waals surface area contributed by atoms with Crippen LogP contribution >= 0.6 is 23.4 Å². The van der Waals surface area contributed by atoms with Crippen LogP contribution in [-0.4, -0.2) is 55.3 Å². The van der Waals surface area contributed by atoms with Gasteiger partial charge in [-0.2, -0.15) is 0 Å². The van der Waals surface area contributed by atoms with E-state index in [-0.39, 0.29) is 6.03 Å². The van der Waals surface area contributed by atoms with Gasteiger partial charge in [0.1, 0.15) is 0 Å². The highest BCUT2D eigenvalue weighted by Gasteiger charge is 2.26. The maximum Gasteiger partial charge on any atom is 0.321 e. The molecular weight excluding hydrogens is 318 g/mol. The minimum absolute atomic E-state index is 0.0264. The molecule has 2 rings (SSSR count). The van der Waals surface area contributed by atoms with Gasteiger partial charge in [0, 0.05) is 29.6 Å². The Balaban J connectivity index is 1.99. The van der Waals surface area contributed by atoms with Crippen LogP contribution in [0.15, 0.2) is 23.1 Å². The predicted octanol–water partition coefficient (Wildman–Crippen LogP) is 3.87. The summed E-state index contributed by atoms with van der Waals surface area (Å²) in [6.07, 6.45) is 1.07. The summed E-state index contributed by atoms with van der Waals surface area (Å²) in [5, 5.41) is 3.66. The monoisotopic (exact) mass is 341 g/mol. The van der Waals surface area contributed by atoms with Crippen molar-refractivity contribution in [2.75, 3.05) is 44.8 Å². The number of hydrogen-bond donors (Lipinski definition) is 1. The zero-order chi connectivity index (χ0) is 16.1. The first-order valence-corrected chi connectivity index (χ1v) is 8.99. The van der Waals surface area contributed by atoms with E-state index in [0.29, 0.717) is 10.9 Å². The fourth-order valence-corrected chi connectivity index (χ4v) is 3.67. The molecule has 1 aliphatic rings. The second kappa shape index (κ2) is 8.09. The van der Waals surface area contributed by atoms with Crippen molar-refractivity contribution in [3.63, 3.8) is 0 Å². The maximum absolute atomic E-state index is 12.5. The van der Waals surface area contributed by atoms with Crippen molar-refractivity contribution < 1.29 is 4.79 Å². The van der Waals surface area contributed by atoms with E-state index in [4.69, 9.17) is 11.6 Å². The number of urea groups is 1. The fourth-order valence-electron chi connectivity index (χ4n) is 2.76. The summed E-state index contributed by atoms with van der Waals surface area (Å²) >= 11 is 7.77. The highest BCUT2D eigenvalue weighted by Crippen LogP contribution is 2.30. The molecule has 1 fully saturated rings. The molecule has 2 amide bonds. The zero-order valence-corrected chi connectivity index (χ0v) is 15.0. The third kappa shape index (κ3) is 4.80. The van der Waals surface area contributed by atoms with Gasteiger partial charge in [0.25, 0.3) is 0 Å². The topological polar surface area (TPSA) is 35.6 Å². The quantitative estimate of drug-likeness (QED) is 0.826. The van der Waals surface area contributed by atoms with Crippen molar-refractivity contribution in [3.05, 3.63) is 23.2 Å². The van der Waals surface area contributed by atoms with E-state index in [1.807, 2.05) is 23.1 Å². The van der Waals surface area contributed by atoms with Gasteiger partial charge in [-0.15, -0.1) is 11.8 Å². The normalized spacial score (nSPS) is 18.0.